The number of rotatable bonds is 5. The van der Waals surface area contributed by atoms with E-state index in [4.69, 9.17) is 0 Å². The van der Waals surface area contributed by atoms with E-state index < -0.39 is 10.8 Å². The monoisotopic (exact) mass is 477 g/mol. The molecule has 1 aliphatic heterocycles. The highest BCUT2D eigenvalue weighted by molar-refractivity contribution is 7.15. The molecule has 10 nitrogen and oxygen atoms in total. The maximum Gasteiger partial charge on any atom is 0.293 e. The number of amides is 1. The summed E-state index contributed by atoms with van der Waals surface area (Å²) in [7, 11) is 2.02. The van der Waals surface area contributed by atoms with Gasteiger partial charge in [-0.25, -0.2) is 4.52 Å². The number of nitro groups is 1. The van der Waals surface area contributed by atoms with Crippen LogP contribution < -0.4 is 10.2 Å². The van der Waals surface area contributed by atoms with E-state index in [1.807, 2.05) is 48.5 Å². The number of carbonyl (C=O) groups excluding carboxylic acids is 1. The fourth-order valence-electron chi connectivity index (χ4n) is 3.96. The molecule has 3 heterocycles. The second-order valence-corrected chi connectivity index (χ2v) is 9.16. The van der Waals surface area contributed by atoms with Crippen LogP contribution in [0, 0.1) is 17.0 Å². The smallest absolute Gasteiger partial charge is 0.293 e. The number of benzene rings is 2. The van der Waals surface area contributed by atoms with Gasteiger partial charge in [-0.05, 0) is 26.1 Å². The third kappa shape index (κ3) is 4.22. The summed E-state index contributed by atoms with van der Waals surface area (Å²) in [5.74, 6) is -0.348. The number of hydrogen-bond donors (Lipinski definition) is 1. The third-order valence-electron chi connectivity index (χ3n) is 5.93. The number of anilines is 2. The van der Waals surface area contributed by atoms with Crippen molar-refractivity contribution in [2.24, 2.45) is 0 Å². The van der Waals surface area contributed by atoms with Crippen LogP contribution in [0.15, 0.2) is 47.8 Å². The Balaban J connectivity index is 1.38. The Morgan fingerprint density at radius 1 is 1.12 bits per heavy atom. The van der Waals surface area contributed by atoms with Crippen molar-refractivity contribution in [2.75, 3.05) is 43.4 Å². The second-order valence-electron chi connectivity index (χ2n) is 8.32. The summed E-state index contributed by atoms with van der Waals surface area (Å²) in [5, 5.41) is 20.8. The zero-order valence-electron chi connectivity index (χ0n) is 18.8. The lowest BCUT2D eigenvalue weighted by Crippen LogP contribution is -2.44. The van der Waals surface area contributed by atoms with E-state index in [1.54, 1.807) is 16.6 Å². The summed E-state index contributed by atoms with van der Waals surface area (Å²) in [4.78, 5) is 33.4. The van der Waals surface area contributed by atoms with Crippen molar-refractivity contribution in [3.8, 4) is 11.3 Å². The first-order valence-electron chi connectivity index (χ1n) is 10.8. The van der Waals surface area contributed by atoms with Crippen LogP contribution in [0.5, 0.6) is 0 Å². The van der Waals surface area contributed by atoms with Crippen LogP contribution in [0.4, 0.5) is 17.3 Å². The van der Waals surface area contributed by atoms with E-state index in [2.05, 4.69) is 20.3 Å². The van der Waals surface area contributed by atoms with Gasteiger partial charge >= 0.3 is 0 Å². The molecule has 34 heavy (non-hydrogen) atoms. The summed E-state index contributed by atoms with van der Waals surface area (Å²) in [6.45, 7) is 5.07. The molecule has 174 valence electrons. The van der Waals surface area contributed by atoms with Gasteiger partial charge in [0.2, 0.25) is 4.96 Å². The van der Waals surface area contributed by atoms with Crippen molar-refractivity contribution in [2.45, 2.75) is 6.92 Å². The topological polar surface area (TPSA) is 109 Å². The minimum atomic E-state index is -0.497. The molecule has 2 aromatic heterocycles. The molecule has 1 aliphatic rings. The molecule has 1 N–H and O–H groups in total. The van der Waals surface area contributed by atoms with Gasteiger partial charge in [0.05, 0.1) is 10.6 Å². The van der Waals surface area contributed by atoms with E-state index >= 15 is 0 Å². The Bertz CT molecular complexity index is 1370. The summed E-state index contributed by atoms with van der Waals surface area (Å²) < 4.78 is 1.68. The molecular weight excluding hydrogens is 454 g/mol. The average Bonchev–Trinajstić information content (AvgIpc) is 3.40. The molecule has 0 spiro atoms. The molecule has 2 aromatic carbocycles. The van der Waals surface area contributed by atoms with Crippen molar-refractivity contribution in [1.82, 2.24) is 19.5 Å². The van der Waals surface area contributed by atoms with E-state index in [-0.39, 0.29) is 17.2 Å². The highest BCUT2D eigenvalue weighted by Crippen LogP contribution is 2.31. The second kappa shape index (κ2) is 8.84. The molecule has 11 heteroatoms. The van der Waals surface area contributed by atoms with Gasteiger partial charge in [-0.1, -0.05) is 29.8 Å². The molecule has 1 fully saturated rings. The summed E-state index contributed by atoms with van der Waals surface area (Å²) in [6, 6.07) is 12.6. The normalized spacial score (nSPS) is 14.5. The van der Waals surface area contributed by atoms with E-state index in [0.29, 0.717) is 23.7 Å². The first-order valence-corrected chi connectivity index (χ1v) is 11.7. The van der Waals surface area contributed by atoms with Gasteiger partial charge in [0.25, 0.3) is 17.5 Å². The van der Waals surface area contributed by atoms with Gasteiger partial charge < -0.3 is 9.80 Å². The third-order valence-corrected chi connectivity index (χ3v) is 6.75. The minimum absolute atomic E-state index is 0.0855. The number of fused-ring (bicyclic) bond motifs is 1. The molecule has 0 aliphatic carbocycles. The maximum absolute atomic E-state index is 12.9. The summed E-state index contributed by atoms with van der Waals surface area (Å²) in [6.07, 6.45) is 0. The predicted molar refractivity (Wildman–Crippen MR) is 132 cm³/mol. The van der Waals surface area contributed by atoms with Crippen LogP contribution >= 0.6 is 11.3 Å². The number of likely N-dealkylation sites (N-methyl/N-ethyl adjacent to an activating group) is 1. The number of carbonyl (C=O) groups is 1. The highest BCUT2D eigenvalue weighted by Gasteiger charge is 2.24. The Kier molecular flexibility index (Phi) is 5.72. The van der Waals surface area contributed by atoms with E-state index in [9.17, 15) is 14.9 Å². The molecule has 0 bridgehead atoms. The molecule has 0 radical (unpaired) electrons. The Morgan fingerprint density at radius 2 is 1.85 bits per heavy atom. The molecule has 0 atom stereocenters. The average molecular weight is 478 g/mol. The quantitative estimate of drug-likeness (QED) is 0.345. The van der Waals surface area contributed by atoms with Crippen LogP contribution in [-0.4, -0.2) is 63.6 Å². The fraction of sp³-hybridized carbons (Fsp3) is 0.261. The predicted octanol–water partition coefficient (Wildman–Crippen LogP) is 3.68. The standard InChI is InChI=1S/C23H23N7O3S/c1-15-3-5-16(6-4-15)20-14-34-23-25-22(26-29(20)23)24-21(31)17-7-8-18(19(13-17)30(32)33)28-11-9-27(2)10-12-28/h3-8,13-14H,9-12H2,1-2H3,(H,24,26,31). The van der Waals surface area contributed by atoms with Crippen molar-refractivity contribution < 1.29 is 9.72 Å². The minimum Gasteiger partial charge on any atom is -0.363 e. The molecule has 0 saturated carbocycles. The first-order chi connectivity index (χ1) is 16.4. The number of nitrogens with one attached hydrogen (secondary N) is 1. The molecular formula is C23H23N7O3S. The van der Waals surface area contributed by atoms with Crippen molar-refractivity contribution in [3.05, 3.63) is 69.1 Å². The number of thiazole rings is 1. The van der Waals surface area contributed by atoms with E-state index in [0.717, 1.165) is 29.9 Å². The van der Waals surface area contributed by atoms with E-state index in [1.165, 1.54) is 17.4 Å². The van der Waals surface area contributed by atoms with Crippen molar-refractivity contribution in [1.29, 1.82) is 0 Å². The molecule has 1 saturated heterocycles. The number of aryl methyl sites for hydroxylation is 1. The van der Waals surface area contributed by atoms with Gasteiger partial charge in [-0.15, -0.1) is 16.4 Å². The largest absolute Gasteiger partial charge is 0.363 e. The lowest BCUT2D eigenvalue weighted by molar-refractivity contribution is -0.384. The molecule has 1 amide bonds. The van der Waals surface area contributed by atoms with Gasteiger partial charge in [0.1, 0.15) is 5.69 Å². The van der Waals surface area contributed by atoms with Crippen LogP contribution in [0.25, 0.3) is 16.2 Å². The van der Waals surface area contributed by atoms with Gasteiger partial charge in [0.15, 0.2) is 0 Å². The maximum atomic E-state index is 12.9. The Hall–Kier alpha value is -3.83. The lowest BCUT2D eigenvalue weighted by Gasteiger charge is -2.33. The first kappa shape index (κ1) is 22.0. The number of piperazine rings is 1. The summed E-state index contributed by atoms with van der Waals surface area (Å²) >= 11 is 1.42. The molecule has 0 unspecified atom stereocenters. The van der Waals surface area contributed by atoms with Gasteiger partial charge in [-0.2, -0.15) is 4.98 Å². The van der Waals surface area contributed by atoms with Crippen LogP contribution in [0.1, 0.15) is 15.9 Å². The van der Waals surface area contributed by atoms with Crippen LogP contribution in [0.2, 0.25) is 0 Å². The fourth-order valence-corrected chi connectivity index (χ4v) is 4.79. The van der Waals surface area contributed by atoms with Crippen molar-refractivity contribution >= 4 is 39.5 Å². The zero-order valence-corrected chi connectivity index (χ0v) is 19.6. The lowest BCUT2D eigenvalue weighted by atomic mass is 10.1. The van der Waals surface area contributed by atoms with Crippen molar-refractivity contribution in [3.63, 3.8) is 0 Å². The molecule has 4 aromatic rings. The summed E-state index contributed by atoms with van der Waals surface area (Å²) in [5.41, 5.74) is 3.65. The van der Waals surface area contributed by atoms with Crippen LogP contribution in [-0.2, 0) is 0 Å². The number of hydrogen-bond acceptors (Lipinski definition) is 8. The molecule has 5 rings (SSSR count). The number of nitro benzene ring substituents is 1. The van der Waals surface area contributed by atoms with Gasteiger partial charge in [0, 0.05) is 48.8 Å². The van der Waals surface area contributed by atoms with Crippen LogP contribution in [0.3, 0.4) is 0 Å². The Morgan fingerprint density at radius 3 is 2.56 bits per heavy atom. The highest BCUT2D eigenvalue weighted by atomic mass is 32.1. The number of nitrogens with zero attached hydrogens (tertiary/aromatic N) is 6. The zero-order chi connectivity index (χ0) is 23.8. The Labute approximate surface area is 199 Å². The number of aromatic nitrogens is 3. The van der Waals surface area contributed by atoms with Gasteiger partial charge in [-0.3, -0.25) is 20.2 Å². The SMILES string of the molecule is Cc1ccc(-c2csc3nc(NC(=O)c4ccc(N5CCN(C)CC5)c([N+](=O)[O-])c4)nn23)cc1.